The molecular weight excluding hydrogens is 242 g/mol. The summed E-state index contributed by atoms with van der Waals surface area (Å²) >= 11 is 0. The molecule has 0 saturated carbocycles. The van der Waals surface area contributed by atoms with Gasteiger partial charge in [0.25, 0.3) is 0 Å². The van der Waals surface area contributed by atoms with E-state index in [4.69, 9.17) is 5.11 Å². The number of benzene rings is 1. The van der Waals surface area contributed by atoms with Crippen LogP contribution < -0.4 is 0 Å². The standard InChI is InChI=1S/C12H10F2N2O2/c13-9-1-2-10(11(14)5-9)8-6-15-16(7-8)4-3-12(17)18/h1-2,5-7H,3-4H2,(H,17,18). The summed E-state index contributed by atoms with van der Waals surface area (Å²) in [6, 6.07) is 3.28. The molecule has 0 atom stereocenters. The normalized spacial score (nSPS) is 10.6. The first-order chi connectivity index (χ1) is 8.56. The van der Waals surface area contributed by atoms with Gasteiger partial charge in [0.2, 0.25) is 0 Å². The summed E-state index contributed by atoms with van der Waals surface area (Å²) < 4.78 is 27.6. The molecule has 0 saturated heterocycles. The van der Waals surface area contributed by atoms with Gasteiger partial charge in [-0.25, -0.2) is 8.78 Å². The van der Waals surface area contributed by atoms with Crippen molar-refractivity contribution in [1.82, 2.24) is 9.78 Å². The van der Waals surface area contributed by atoms with Crippen molar-refractivity contribution >= 4 is 5.97 Å². The summed E-state index contributed by atoms with van der Waals surface area (Å²) in [6.45, 7) is 0.206. The van der Waals surface area contributed by atoms with E-state index in [1.165, 1.54) is 23.1 Å². The molecule has 1 aromatic heterocycles. The van der Waals surface area contributed by atoms with E-state index in [0.717, 1.165) is 12.1 Å². The number of aryl methyl sites for hydroxylation is 1. The van der Waals surface area contributed by atoms with Crippen molar-refractivity contribution in [2.45, 2.75) is 13.0 Å². The molecule has 4 nitrogen and oxygen atoms in total. The maximum Gasteiger partial charge on any atom is 0.305 e. The molecule has 1 aromatic carbocycles. The molecule has 0 bridgehead atoms. The molecule has 0 aliphatic heterocycles. The lowest BCUT2D eigenvalue weighted by Crippen LogP contribution is -2.04. The average Bonchev–Trinajstić information content (AvgIpc) is 2.75. The Kier molecular flexibility index (Phi) is 3.36. The molecule has 18 heavy (non-hydrogen) atoms. The predicted octanol–water partition coefficient (Wildman–Crippen LogP) is 2.30. The van der Waals surface area contributed by atoms with Gasteiger partial charge in [-0.15, -0.1) is 0 Å². The third-order valence-electron chi connectivity index (χ3n) is 2.43. The van der Waals surface area contributed by atoms with Crippen molar-refractivity contribution in [3.8, 4) is 11.1 Å². The number of halogens is 2. The van der Waals surface area contributed by atoms with Crippen LogP contribution in [0.2, 0.25) is 0 Å². The van der Waals surface area contributed by atoms with Gasteiger partial charge in [0, 0.05) is 23.4 Å². The molecule has 0 radical (unpaired) electrons. The van der Waals surface area contributed by atoms with Crippen LogP contribution in [-0.4, -0.2) is 20.9 Å². The van der Waals surface area contributed by atoms with Crippen LogP contribution in [0.5, 0.6) is 0 Å². The molecule has 6 heteroatoms. The molecule has 0 unspecified atom stereocenters. The van der Waals surface area contributed by atoms with Gasteiger partial charge in [-0.1, -0.05) is 0 Å². The molecule has 0 spiro atoms. The zero-order valence-corrected chi connectivity index (χ0v) is 9.31. The summed E-state index contributed by atoms with van der Waals surface area (Å²) in [5, 5.41) is 12.5. The highest BCUT2D eigenvalue weighted by Crippen LogP contribution is 2.22. The minimum Gasteiger partial charge on any atom is -0.481 e. The van der Waals surface area contributed by atoms with Gasteiger partial charge in [0.15, 0.2) is 0 Å². The second-order valence-electron chi connectivity index (χ2n) is 3.76. The highest BCUT2D eigenvalue weighted by molar-refractivity contribution is 5.66. The maximum absolute atomic E-state index is 13.5. The van der Waals surface area contributed by atoms with Crippen LogP contribution in [0.1, 0.15) is 6.42 Å². The second kappa shape index (κ2) is 4.95. The summed E-state index contributed by atoms with van der Waals surface area (Å²) in [5.41, 5.74) is 0.718. The Balaban J connectivity index is 2.21. The van der Waals surface area contributed by atoms with Crippen LogP contribution in [-0.2, 0) is 11.3 Å². The van der Waals surface area contributed by atoms with E-state index < -0.39 is 17.6 Å². The first-order valence-corrected chi connectivity index (χ1v) is 5.26. The van der Waals surface area contributed by atoms with E-state index in [1.807, 2.05) is 0 Å². The van der Waals surface area contributed by atoms with E-state index in [2.05, 4.69) is 5.10 Å². The molecular formula is C12H10F2N2O2. The topological polar surface area (TPSA) is 55.1 Å². The van der Waals surface area contributed by atoms with E-state index in [1.54, 1.807) is 0 Å². The fourth-order valence-electron chi connectivity index (χ4n) is 1.56. The summed E-state index contributed by atoms with van der Waals surface area (Å²) in [5.74, 6) is -2.25. The Hall–Kier alpha value is -2.24. The Morgan fingerprint density at radius 1 is 1.39 bits per heavy atom. The molecule has 1 N–H and O–H groups in total. The minimum absolute atomic E-state index is 0.0625. The quantitative estimate of drug-likeness (QED) is 0.908. The van der Waals surface area contributed by atoms with Crippen molar-refractivity contribution in [1.29, 1.82) is 0 Å². The fraction of sp³-hybridized carbons (Fsp3) is 0.167. The van der Waals surface area contributed by atoms with E-state index in [0.29, 0.717) is 5.56 Å². The SMILES string of the molecule is O=C(O)CCn1cc(-c2ccc(F)cc2F)cn1. The molecule has 0 fully saturated rings. The third-order valence-corrected chi connectivity index (χ3v) is 2.43. The first kappa shape index (κ1) is 12.2. The number of aromatic nitrogens is 2. The number of aliphatic carboxylic acids is 1. The fourth-order valence-corrected chi connectivity index (χ4v) is 1.56. The monoisotopic (exact) mass is 252 g/mol. The van der Waals surface area contributed by atoms with Crippen molar-refractivity contribution in [2.75, 3.05) is 0 Å². The molecule has 1 heterocycles. The van der Waals surface area contributed by atoms with E-state index >= 15 is 0 Å². The van der Waals surface area contributed by atoms with Crippen molar-refractivity contribution < 1.29 is 18.7 Å². The molecule has 94 valence electrons. The molecule has 2 rings (SSSR count). The Morgan fingerprint density at radius 2 is 2.17 bits per heavy atom. The Morgan fingerprint density at radius 3 is 2.83 bits per heavy atom. The van der Waals surface area contributed by atoms with Crippen LogP contribution in [0.3, 0.4) is 0 Å². The van der Waals surface area contributed by atoms with Gasteiger partial charge in [-0.05, 0) is 12.1 Å². The van der Waals surface area contributed by atoms with Gasteiger partial charge in [0.05, 0.1) is 19.2 Å². The highest BCUT2D eigenvalue weighted by Gasteiger charge is 2.09. The number of carboxylic acids is 1. The van der Waals surface area contributed by atoms with Gasteiger partial charge >= 0.3 is 5.97 Å². The van der Waals surface area contributed by atoms with E-state index in [-0.39, 0.29) is 18.5 Å². The lowest BCUT2D eigenvalue weighted by Gasteiger charge is -2.00. The largest absolute Gasteiger partial charge is 0.481 e. The predicted molar refractivity (Wildman–Crippen MR) is 59.8 cm³/mol. The van der Waals surface area contributed by atoms with Crippen LogP contribution in [0.15, 0.2) is 30.6 Å². The van der Waals surface area contributed by atoms with Crippen molar-refractivity contribution in [3.05, 3.63) is 42.2 Å². The molecule has 0 aliphatic rings. The summed E-state index contributed by atoms with van der Waals surface area (Å²) in [4.78, 5) is 10.4. The lowest BCUT2D eigenvalue weighted by molar-refractivity contribution is -0.137. The van der Waals surface area contributed by atoms with E-state index in [9.17, 15) is 13.6 Å². The van der Waals surface area contributed by atoms with Gasteiger partial charge in [0.1, 0.15) is 11.6 Å². The van der Waals surface area contributed by atoms with Crippen LogP contribution in [0.25, 0.3) is 11.1 Å². The third kappa shape index (κ3) is 2.71. The van der Waals surface area contributed by atoms with Crippen LogP contribution in [0, 0.1) is 11.6 Å². The Bertz CT molecular complexity index is 581. The van der Waals surface area contributed by atoms with Crippen molar-refractivity contribution in [2.24, 2.45) is 0 Å². The summed E-state index contributed by atoms with van der Waals surface area (Å²) in [6.07, 6.45) is 2.88. The minimum atomic E-state index is -0.931. The lowest BCUT2D eigenvalue weighted by atomic mass is 10.1. The molecule has 0 aliphatic carbocycles. The highest BCUT2D eigenvalue weighted by atomic mass is 19.1. The molecule has 0 amide bonds. The maximum atomic E-state index is 13.5. The summed E-state index contributed by atoms with van der Waals surface area (Å²) in [7, 11) is 0. The van der Waals surface area contributed by atoms with Gasteiger partial charge in [-0.3, -0.25) is 9.48 Å². The molecule has 2 aromatic rings. The second-order valence-corrected chi connectivity index (χ2v) is 3.76. The number of carboxylic acid groups (broad SMARTS) is 1. The van der Waals surface area contributed by atoms with Crippen LogP contribution in [0.4, 0.5) is 8.78 Å². The van der Waals surface area contributed by atoms with Gasteiger partial charge in [-0.2, -0.15) is 5.10 Å². The average molecular weight is 252 g/mol. The number of carbonyl (C=O) groups is 1. The van der Waals surface area contributed by atoms with Crippen LogP contribution >= 0.6 is 0 Å². The number of nitrogens with zero attached hydrogens (tertiary/aromatic N) is 2. The number of hydrogen-bond donors (Lipinski definition) is 1. The van der Waals surface area contributed by atoms with Crippen molar-refractivity contribution in [3.63, 3.8) is 0 Å². The zero-order chi connectivity index (χ0) is 13.1. The smallest absolute Gasteiger partial charge is 0.305 e. The Labute approximate surface area is 101 Å². The number of rotatable bonds is 4. The number of hydrogen-bond acceptors (Lipinski definition) is 2. The van der Waals surface area contributed by atoms with Gasteiger partial charge < -0.3 is 5.11 Å². The zero-order valence-electron chi connectivity index (χ0n) is 9.31. The first-order valence-electron chi connectivity index (χ1n) is 5.26.